The molecule has 0 aromatic carbocycles. The maximum absolute atomic E-state index is 11.5. The maximum Gasteiger partial charge on any atom is 0.226 e. The molecule has 0 unspecified atom stereocenters. The molecule has 0 saturated carbocycles. The van der Waals surface area contributed by atoms with Crippen molar-refractivity contribution in [2.75, 3.05) is 5.32 Å². The van der Waals surface area contributed by atoms with Crippen LogP contribution in [0.25, 0.3) is 0 Å². The molecule has 14 heavy (non-hydrogen) atoms. The van der Waals surface area contributed by atoms with E-state index in [1.165, 1.54) is 11.5 Å². The van der Waals surface area contributed by atoms with E-state index in [0.29, 0.717) is 17.4 Å². The summed E-state index contributed by atoms with van der Waals surface area (Å²) in [6, 6.07) is 0. The largest absolute Gasteiger partial charge is 0.301 e. The minimum absolute atomic E-state index is 0.00379. The summed E-state index contributed by atoms with van der Waals surface area (Å²) in [5, 5.41) is 3.31. The van der Waals surface area contributed by atoms with Crippen molar-refractivity contribution in [2.45, 2.75) is 34.1 Å². The molecule has 0 aliphatic carbocycles. The first-order valence-corrected chi connectivity index (χ1v) is 5.24. The van der Waals surface area contributed by atoms with Gasteiger partial charge in [-0.2, -0.15) is 4.37 Å². The Kier molecular flexibility index (Phi) is 3.21. The third-order valence-electron chi connectivity index (χ3n) is 1.46. The summed E-state index contributed by atoms with van der Waals surface area (Å²) < 4.78 is 3.98. The Bertz CT molecular complexity index is 327. The Hall–Kier alpha value is -0.970. The quantitative estimate of drug-likeness (QED) is 0.819. The van der Waals surface area contributed by atoms with E-state index in [2.05, 4.69) is 14.7 Å². The molecule has 1 heterocycles. The number of nitrogens with one attached hydrogen (secondary N) is 1. The van der Waals surface area contributed by atoms with Crippen molar-refractivity contribution in [3.8, 4) is 0 Å². The lowest BCUT2D eigenvalue weighted by Gasteiger charge is -2.16. The molecular formula is C9H15N3OS. The van der Waals surface area contributed by atoms with E-state index < -0.39 is 0 Å². The zero-order chi connectivity index (χ0) is 10.8. The van der Waals surface area contributed by atoms with Crippen LogP contribution in [0.1, 0.15) is 33.0 Å². The molecule has 1 aromatic heterocycles. The summed E-state index contributed by atoms with van der Waals surface area (Å²) in [6.45, 7) is 7.88. The van der Waals surface area contributed by atoms with Gasteiger partial charge < -0.3 is 5.32 Å². The molecule has 0 fully saturated rings. The van der Waals surface area contributed by atoms with Gasteiger partial charge in [0.15, 0.2) is 0 Å². The molecular weight excluding hydrogens is 198 g/mol. The van der Waals surface area contributed by atoms with Crippen LogP contribution in [0.4, 0.5) is 5.13 Å². The van der Waals surface area contributed by atoms with Gasteiger partial charge in [-0.15, -0.1) is 0 Å². The van der Waals surface area contributed by atoms with Crippen molar-refractivity contribution in [1.29, 1.82) is 0 Å². The zero-order valence-corrected chi connectivity index (χ0v) is 9.73. The van der Waals surface area contributed by atoms with Gasteiger partial charge >= 0.3 is 0 Å². The first-order chi connectivity index (χ1) is 6.37. The monoisotopic (exact) mass is 213 g/mol. The summed E-state index contributed by atoms with van der Waals surface area (Å²) in [7, 11) is 0. The number of amides is 1. The van der Waals surface area contributed by atoms with Gasteiger partial charge in [0.2, 0.25) is 11.0 Å². The molecule has 0 aliphatic rings. The molecule has 0 bridgehead atoms. The Morgan fingerprint density at radius 2 is 2.14 bits per heavy atom. The van der Waals surface area contributed by atoms with Gasteiger partial charge in [-0.05, 0) is 12.3 Å². The van der Waals surface area contributed by atoms with Crippen LogP contribution < -0.4 is 5.32 Å². The SMILES string of the molecule is Cc1nsc(NC(=O)CC(C)(C)C)n1. The lowest BCUT2D eigenvalue weighted by atomic mass is 9.92. The Morgan fingerprint density at radius 1 is 1.50 bits per heavy atom. The molecule has 0 spiro atoms. The maximum atomic E-state index is 11.5. The lowest BCUT2D eigenvalue weighted by Crippen LogP contribution is -2.19. The van der Waals surface area contributed by atoms with Crippen LogP contribution >= 0.6 is 11.5 Å². The summed E-state index contributed by atoms with van der Waals surface area (Å²) in [6.07, 6.45) is 0.492. The van der Waals surface area contributed by atoms with E-state index in [-0.39, 0.29) is 11.3 Å². The summed E-state index contributed by atoms with van der Waals surface area (Å²) >= 11 is 1.21. The smallest absolute Gasteiger partial charge is 0.226 e. The van der Waals surface area contributed by atoms with E-state index >= 15 is 0 Å². The number of carbonyl (C=O) groups is 1. The minimum Gasteiger partial charge on any atom is -0.301 e. The highest BCUT2D eigenvalue weighted by Crippen LogP contribution is 2.19. The van der Waals surface area contributed by atoms with Gasteiger partial charge in [-0.3, -0.25) is 4.79 Å². The molecule has 0 aliphatic heterocycles. The highest BCUT2D eigenvalue weighted by Gasteiger charge is 2.16. The van der Waals surface area contributed by atoms with Gasteiger partial charge in [-0.25, -0.2) is 4.98 Å². The molecule has 78 valence electrons. The van der Waals surface area contributed by atoms with Crippen molar-refractivity contribution < 1.29 is 4.79 Å². The highest BCUT2D eigenvalue weighted by atomic mass is 32.1. The van der Waals surface area contributed by atoms with E-state index in [0.717, 1.165) is 0 Å². The van der Waals surface area contributed by atoms with E-state index in [9.17, 15) is 4.79 Å². The average molecular weight is 213 g/mol. The fraction of sp³-hybridized carbons (Fsp3) is 0.667. The summed E-state index contributed by atoms with van der Waals surface area (Å²) in [4.78, 5) is 15.5. The third kappa shape index (κ3) is 3.83. The van der Waals surface area contributed by atoms with E-state index in [4.69, 9.17) is 0 Å². The zero-order valence-electron chi connectivity index (χ0n) is 8.92. The lowest BCUT2D eigenvalue weighted by molar-refractivity contribution is -0.117. The van der Waals surface area contributed by atoms with Gasteiger partial charge in [0.05, 0.1) is 0 Å². The molecule has 4 nitrogen and oxygen atoms in total. The summed E-state index contributed by atoms with van der Waals surface area (Å²) in [5.41, 5.74) is 0.00379. The Balaban J connectivity index is 2.50. The second-order valence-electron chi connectivity index (χ2n) is 4.43. The predicted octanol–water partition coefficient (Wildman–Crippen LogP) is 2.22. The summed E-state index contributed by atoms with van der Waals surface area (Å²) in [5.74, 6) is 0.690. The number of rotatable bonds is 2. The van der Waals surface area contributed by atoms with E-state index in [1.54, 1.807) is 6.92 Å². The van der Waals surface area contributed by atoms with Crippen molar-refractivity contribution in [3.05, 3.63) is 5.82 Å². The van der Waals surface area contributed by atoms with Crippen LogP contribution in [0.3, 0.4) is 0 Å². The number of hydrogen-bond donors (Lipinski definition) is 1. The van der Waals surface area contributed by atoms with E-state index in [1.807, 2.05) is 20.8 Å². The molecule has 0 atom stereocenters. The van der Waals surface area contributed by atoms with Crippen LogP contribution in [-0.2, 0) is 4.79 Å². The molecule has 1 rings (SSSR count). The number of hydrogen-bond acceptors (Lipinski definition) is 4. The number of aromatic nitrogens is 2. The van der Waals surface area contributed by atoms with Crippen molar-refractivity contribution in [2.24, 2.45) is 5.41 Å². The molecule has 1 aromatic rings. The van der Waals surface area contributed by atoms with Crippen LogP contribution in [0.5, 0.6) is 0 Å². The Labute approximate surface area is 87.9 Å². The molecule has 1 amide bonds. The molecule has 1 N–H and O–H groups in total. The molecule has 5 heteroatoms. The highest BCUT2D eigenvalue weighted by molar-refractivity contribution is 7.09. The van der Waals surface area contributed by atoms with Crippen LogP contribution in [-0.4, -0.2) is 15.3 Å². The van der Waals surface area contributed by atoms with Crippen LogP contribution in [0, 0.1) is 12.3 Å². The normalized spacial score (nSPS) is 11.4. The van der Waals surface area contributed by atoms with Crippen LogP contribution in [0.15, 0.2) is 0 Å². The first-order valence-electron chi connectivity index (χ1n) is 4.47. The van der Waals surface area contributed by atoms with Crippen molar-refractivity contribution in [1.82, 2.24) is 9.36 Å². The van der Waals surface area contributed by atoms with Crippen molar-refractivity contribution >= 4 is 22.6 Å². The minimum atomic E-state index is -0.00588. The number of aryl methyl sites for hydroxylation is 1. The second kappa shape index (κ2) is 4.04. The van der Waals surface area contributed by atoms with Gasteiger partial charge in [0.1, 0.15) is 5.82 Å². The fourth-order valence-electron chi connectivity index (χ4n) is 0.993. The third-order valence-corrected chi connectivity index (χ3v) is 2.19. The number of carbonyl (C=O) groups excluding carboxylic acids is 1. The molecule has 0 radical (unpaired) electrons. The number of nitrogens with zero attached hydrogens (tertiary/aromatic N) is 2. The molecule has 0 saturated heterocycles. The Morgan fingerprint density at radius 3 is 2.57 bits per heavy atom. The van der Waals surface area contributed by atoms with Crippen molar-refractivity contribution in [3.63, 3.8) is 0 Å². The van der Waals surface area contributed by atoms with Crippen LogP contribution in [0.2, 0.25) is 0 Å². The number of anilines is 1. The topological polar surface area (TPSA) is 54.9 Å². The predicted molar refractivity (Wildman–Crippen MR) is 57.3 cm³/mol. The second-order valence-corrected chi connectivity index (χ2v) is 5.18. The average Bonchev–Trinajstić information content (AvgIpc) is 2.30. The standard InChI is InChI=1S/C9H15N3OS/c1-6-10-8(14-12-6)11-7(13)5-9(2,3)4/h5H2,1-4H3,(H,10,11,12,13). The fourth-order valence-corrected chi connectivity index (χ4v) is 1.58. The van der Waals surface area contributed by atoms with Gasteiger partial charge in [-0.1, -0.05) is 20.8 Å². The van der Waals surface area contributed by atoms with Gasteiger partial charge in [0.25, 0.3) is 0 Å². The van der Waals surface area contributed by atoms with Gasteiger partial charge in [0, 0.05) is 18.0 Å². The first kappa shape index (κ1) is 11.1.